The van der Waals surface area contributed by atoms with Crippen LogP contribution in [0.1, 0.15) is 39.3 Å². The Hall–Kier alpha value is -3.60. The van der Waals surface area contributed by atoms with Gasteiger partial charge < -0.3 is 14.6 Å². The number of rotatable bonds is 9. The van der Waals surface area contributed by atoms with Crippen molar-refractivity contribution in [3.05, 3.63) is 94.8 Å². The van der Waals surface area contributed by atoms with Crippen LogP contribution in [0.2, 0.25) is 0 Å². The Kier molecular flexibility index (Phi) is 7.08. The van der Waals surface area contributed by atoms with Crippen LogP contribution in [0.3, 0.4) is 0 Å². The van der Waals surface area contributed by atoms with E-state index in [0.29, 0.717) is 13.2 Å². The summed E-state index contributed by atoms with van der Waals surface area (Å²) < 4.78 is 8.35. The summed E-state index contributed by atoms with van der Waals surface area (Å²) in [5, 5.41) is 3.04. The molecule has 1 heterocycles. The van der Waals surface area contributed by atoms with Gasteiger partial charge in [0.25, 0.3) is 5.91 Å². The largest absolute Gasteiger partial charge is 0.491 e. The Morgan fingerprint density at radius 1 is 0.970 bits per heavy atom. The molecule has 0 atom stereocenters. The second kappa shape index (κ2) is 10.3. The van der Waals surface area contributed by atoms with Gasteiger partial charge in [-0.05, 0) is 68.1 Å². The van der Waals surface area contributed by atoms with Crippen LogP contribution in [0.25, 0.3) is 11.0 Å². The third-order valence-corrected chi connectivity index (χ3v) is 5.90. The molecule has 170 valence electrons. The number of hydrogen-bond donors (Lipinski definition) is 1. The molecule has 0 bridgehead atoms. The number of aryl methyl sites for hydroxylation is 4. The summed E-state index contributed by atoms with van der Waals surface area (Å²) in [4.78, 5) is 17.3. The van der Waals surface area contributed by atoms with Crippen LogP contribution in [0.15, 0.2) is 66.7 Å². The van der Waals surface area contributed by atoms with E-state index >= 15 is 0 Å². The maximum atomic E-state index is 12.5. The van der Waals surface area contributed by atoms with Gasteiger partial charge >= 0.3 is 0 Å². The van der Waals surface area contributed by atoms with Crippen molar-refractivity contribution in [1.29, 1.82) is 0 Å². The molecule has 3 aromatic carbocycles. The van der Waals surface area contributed by atoms with E-state index in [0.717, 1.165) is 58.7 Å². The zero-order chi connectivity index (χ0) is 23.2. The third kappa shape index (κ3) is 5.43. The van der Waals surface area contributed by atoms with Crippen molar-refractivity contribution in [2.24, 2.45) is 0 Å². The van der Waals surface area contributed by atoms with Crippen LogP contribution in [0.5, 0.6) is 5.75 Å². The highest BCUT2D eigenvalue weighted by molar-refractivity contribution is 5.95. The molecule has 4 rings (SSSR count). The molecule has 0 saturated heterocycles. The van der Waals surface area contributed by atoms with E-state index in [2.05, 4.69) is 48.0 Å². The first-order valence-corrected chi connectivity index (χ1v) is 11.5. The number of amides is 1. The molecule has 0 fully saturated rings. The molecule has 0 spiro atoms. The van der Waals surface area contributed by atoms with E-state index in [-0.39, 0.29) is 5.91 Å². The summed E-state index contributed by atoms with van der Waals surface area (Å²) in [6.07, 6.45) is 1.60. The maximum absolute atomic E-state index is 12.5. The summed E-state index contributed by atoms with van der Waals surface area (Å²) in [5.74, 6) is 1.93. The normalized spacial score (nSPS) is 11.0. The van der Waals surface area contributed by atoms with Crippen molar-refractivity contribution in [3.63, 3.8) is 0 Å². The fraction of sp³-hybridized carbons (Fsp3) is 0.286. The Morgan fingerprint density at radius 2 is 1.76 bits per heavy atom. The van der Waals surface area contributed by atoms with Crippen molar-refractivity contribution >= 4 is 16.9 Å². The molecule has 4 aromatic rings. The quantitative estimate of drug-likeness (QED) is 0.354. The lowest BCUT2D eigenvalue weighted by molar-refractivity contribution is 0.0952. The molecular weight excluding hydrogens is 410 g/mol. The molecule has 5 nitrogen and oxygen atoms in total. The third-order valence-electron chi connectivity index (χ3n) is 5.90. The van der Waals surface area contributed by atoms with Gasteiger partial charge in [-0.3, -0.25) is 4.79 Å². The highest BCUT2D eigenvalue weighted by Gasteiger charge is 2.12. The average Bonchev–Trinajstić information content (AvgIpc) is 3.16. The average molecular weight is 442 g/mol. The minimum absolute atomic E-state index is 0.0245. The van der Waals surface area contributed by atoms with Crippen LogP contribution in [-0.2, 0) is 13.0 Å². The van der Waals surface area contributed by atoms with Gasteiger partial charge in [0, 0.05) is 18.5 Å². The molecule has 1 aromatic heterocycles. The monoisotopic (exact) mass is 441 g/mol. The maximum Gasteiger partial charge on any atom is 0.251 e. The molecule has 0 unspecified atom stereocenters. The zero-order valence-electron chi connectivity index (χ0n) is 19.6. The lowest BCUT2D eigenvalue weighted by Gasteiger charge is -2.13. The van der Waals surface area contributed by atoms with Crippen LogP contribution in [0, 0.1) is 20.8 Å². The number of ether oxygens (including phenoxy) is 1. The predicted molar refractivity (Wildman–Crippen MR) is 133 cm³/mol. The summed E-state index contributed by atoms with van der Waals surface area (Å²) in [5.41, 5.74) is 6.15. The van der Waals surface area contributed by atoms with Crippen LogP contribution in [-0.4, -0.2) is 28.6 Å². The standard InChI is InChI=1S/C28H31N3O2/c1-20-14-15-22(3)26(19-20)33-18-17-31-25-12-7-6-11-24(25)30-27(31)13-8-16-29-28(32)23-10-5-4-9-21(23)2/h4-7,9-12,14-15,19H,8,13,16-18H2,1-3H3,(H,29,32). The van der Waals surface area contributed by atoms with Gasteiger partial charge in [-0.1, -0.05) is 42.5 Å². The van der Waals surface area contributed by atoms with Gasteiger partial charge in [0.2, 0.25) is 0 Å². The summed E-state index contributed by atoms with van der Waals surface area (Å²) >= 11 is 0. The van der Waals surface area contributed by atoms with E-state index < -0.39 is 0 Å². The first-order chi connectivity index (χ1) is 16.0. The fourth-order valence-corrected chi connectivity index (χ4v) is 4.05. The lowest BCUT2D eigenvalue weighted by atomic mass is 10.1. The first kappa shape index (κ1) is 22.6. The van der Waals surface area contributed by atoms with Gasteiger partial charge in [0.05, 0.1) is 17.6 Å². The molecule has 5 heteroatoms. The molecule has 0 saturated carbocycles. The minimum atomic E-state index is -0.0245. The summed E-state index contributed by atoms with van der Waals surface area (Å²) in [6.45, 7) is 8.00. The molecular formula is C28H31N3O2. The SMILES string of the molecule is Cc1ccc(C)c(OCCn2c(CCCNC(=O)c3ccccc3C)nc3ccccc32)c1. The summed E-state index contributed by atoms with van der Waals surface area (Å²) in [6, 6.07) is 22.1. The van der Waals surface area contributed by atoms with E-state index in [1.54, 1.807) is 0 Å². The minimum Gasteiger partial charge on any atom is -0.491 e. The number of para-hydroxylation sites is 2. The number of aromatic nitrogens is 2. The van der Waals surface area contributed by atoms with Crippen LogP contribution in [0.4, 0.5) is 0 Å². The number of fused-ring (bicyclic) bond motifs is 1. The Morgan fingerprint density at radius 3 is 2.61 bits per heavy atom. The highest BCUT2D eigenvalue weighted by Crippen LogP contribution is 2.21. The highest BCUT2D eigenvalue weighted by atomic mass is 16.5. The van der Waals surface area contributed by atoms with Gasteiger partial charge in [-0.25, -0.2) is 4.98 Å². The van der Waals surface area contributed by atoms with E-state index in [1.807, 2.05) is 49.4 Å². The smallest absolute Gasteiger partial charge is 0.251 e. The van der Waals surface area contributed by atoms with Crippen molar-refractivity contribution in [3.8, 4) is 5.75 Å². The Labute approximate surface area is 195 Å². The zero-order valence-corrected chi connectivity index (χ0v) is 19.6. The predicted octanol–water partition coefficient (Wildman–Crippen LogP) is 5.40. The number of benzene rings is 3. The molecule has 33 heavy (non-hydrogen) atoms. The molecule has 0 aliphatic heterocycles. The lowest BCUT2D eigenvalue weighted by Crippen LogP contribution is -2.25. The Balaban J connectivity index is 1.39. The van der Waals surface area contributed by atoms with Crippen molar-refractivity contribution in [2.75, 3.05) is 13.2 Å². The number of imidazole rings is 1. The van der Waals surface area contributed by atoms with E-state index in [4.69, 9.17) is 9.72 Å². The molecule has 0 aliphatic rings. The van der Waals surface area contributed by atoms with Crippen LogP contribution >= 0.6 is 0 Å². The van der Waals surface area contributed by atoms with Gasteiger partial charge in [0.1, 0.15) is 18.2 Å². The molecule has 1 N–H and O–H groups in total. The summed E-state index contributed by atoms with van der Waals surface area (Å²) in [7, 11) is 0. The van der Waals surface area contributed by atoms with Crippen molar-refractivity contribution in [2.45, 2.75) is 40.2 Å². The van der Waals surface area contributed by atoms with Gasteiger partial charge in [-0.2, -0.15) is 0 Å². The van der Waals surface area contributed by atoms with Crippen LogP contribution < -0.4 is 10.1 Å². The second-order valence-corrected chi connectivity index (χ2v) is 8.46. The second-order valence-electron chi connectivity index (χ2n) is 8.46. The number of carbonyl (C=O) groups excluding carboxylic acids is 1. The number of nitrogens with zero attached hydrogens (tertiary/aromatic N) is 2. The van der Waals surface area contributed by atoms with E-state index in [1.165, 1.54) is 5.56 Å². The number of hydrogen-bond acceptors (Lipinski definition) is 3. The number of nitrogens with one attached hydrogen (secondary N) is 1. The Bertz CT molecular complexity index is 1260. The topological polar surface area (TPSA) is 56.1 Å². The number of carbonyl (C=O) groups is 1. The van der Waals surface area contributed by atoms with Gasteiger partial charge in [-0.15, -0.1) is 0 Å². The van der Waals surface area contributed by atoms with E-state index in [9.17, 15) is 4.79 Å². The van der Waals surface area contributed by atoms with Gasteiger partial charge in [0.15, 0.2) is 0 Å². The first-order valence-electron chi connectivity index (χ1n) is 11.5. The molecule has 0 aliphatic carbocycles. The fourth-order valence-electron chi connectivity index (χ4n) is 4.05. The van der Waals surface area contributed by atoms with Crippen molar-refractivity contribution in [1.82, 2.24) is 14.9 Å². The molecule has 1 amide bonds. The van der Waals surface area contributed by atoms with Crippen molar-refractivity contribution < 1.29 is 9.53 Å². The molecule has 0 radical (unpaired) electrons.